The summed E-state index contributed by atoms with van der Waals surface area (Å²) < 4.78 is 0. The molecule has 0 aliphatic heterocycles. The van der Waals surface area contributed by atoms with Crippen molar-refractivity contribution in [2.75, 3.05) is 27.2 Å². The largest absolute Gasteiger partial charge is 0.366 e. The van der Waals surface area contributed by atoms with Gasteiger partial charge in [0.1, 0.15) is 0 Å². The molecule has 5 heteroatoms. The first-order chi connectivity index (χ1) is 9.21. The number of benzene rings is 1. The van der Waals surface area contributed by atoms with Gasteiger partial charge in [-0.15, -0.1) is 0 Å². The molecule has 112 valence electrons. The summed E-state index contributed by atoms with van der Waals surface area (Å²) in [6.45, 7) is 7.01. The molecule has 0 aliphatic carbocycles. The van der Waals surface area contributed by atoms with Gasteiger partial charge in [-0.05, 0) is 37.2 Å². The number of nitrogens with one attached hydrogen (secondary N) is 1. The Kier molecular flexibility index (Phi) is 5.99. The Balaban J connectivity index is 2.56. The van der Waals surface area contributed by atoms with Crippen molar-refractivity contribution in [1.82, 2.24) is 10.2 Å². The fourth-order valence-electron chi connectivity index (χ4n) is 2.29. The summed E-state index contributed by atoms with van der Waals surface area (Å²) in [5.41, 5.74) is 6.81. The molecule has 0 aromatic heterocycles. The number of nitrogens with zero attached hydrogens (tertiary/aromatic N) is 1. The van der Waals surface area contributed by atoms with Gasteiger partial charge in [-0.2, -0.15) is 0 Å². The van der Waals surface area contributed by atoms with Crippen LogP contribution in [0, 0.1) is 5.41 Å². The van der Waals surface area contributed by atoms with Gasteiger partial charge in [-0.25, -0.2) is 0 Å². The first-order valence-corrected chi connectivity index (χ1v) is 7.03. The van der Waals surface area contributed by atoms with E-state index in [0.29, 0.717) is 17.1 Å². The summed E-state index contributed by atoms with van der Waals surface area (Å²) in [6.07, 6.45) is 0. The van der Waals surface area contributed by atoms with E-state index in [1.165, 1.54) is 0 Å². The molecule has 0 saturated heterocycles. The van der Waals surface area contributed by atoms with Gasteiger partial charge in [0.05, 0.1) is 0 Å². The number of primary amides is 1. The third-order valence-corrected chi connectivity index (χ3v) is 3.35. The van der Waals surface area contributed by atoms with Crippen molar-refractivity contribution in [2.45, 2.75) is 20.4 Å². The molecule has 1 amide bonds. The molecule has 0 radical (unpaired) electrons. The average Bonchev–Trinajstić information content (AvgIpc) is 2.29. The number of rotatable bonds is 7. The Hall–Kier alpha value is -1.10. The molecule has 1 aromatic rings. The predicted molar refractivity (Wildman–Crippen MR) is 84.0 cm³/mol. The van der Waals surface area contributed by atoms with Gasteiger partial charge in [0.25, 0.3) is 0 Å². The van der Waals surface area contributed by atoms with Crippen molar-refractivity contribution in [3.05, 3.63) is 34.3 Å². The van der Waals surface area contributed by atoms with Crippen molar-refractivity contribution < 1.29 is 4.79 Å². The van der Waals surface area contributed by atoms with Gasteiger partial charge in [0, 0.05) is 30.2 Å². The summed E-state index contributed by atoms with van der Waals surface area (Å²) in [6, 6.07) is 5.16. The predicted octanol–water partition coefficient (Wildman–Crippen LogP) is 2.12. The van der Waals surface area contributed by atoms with Crippen molar-refractivity contribution >= 4 is 17.5 Å². The van der Waals surface area contributed by atoms with Crippen molar-refractivity contribution in [3.63, 3.8) is 0 Å². The molecule has 1 aromatic carbocycles. The minimum atomic E-state index is -0.460. The van der Waals surface area contributed by atoms with E-state index >= 15 is 0 Å². The molecule has 0 aliphatic rings. The van der Waals surface area contributed by atoms with E-state index in [1.807, 2.05) is 6.07 Å². The first kappa shape index (κ1) is 17.0. The van der Waals surface area contributed by atoms with Crippen LogP contribution in [0.2, 0.25) is 5.02 Å². The lowest BCUT2D eigenvalue weighted by molar-refractivity contribution is 0.100. The van der Waals surface area contributed by atoms with Crippen LogP contribution >= 0.6 is 11.6 Å². The zero-order chi connectivity index (χ0) is 15.3. The van der Waals surface area contributed by atoms with E-state index < -0.39 is 5.91 Å². The summed E-state index contributed by atoms with van der Waals surface area (Å²) in [4.78, 5) is 13.2. The van der Waals surface area contributed by atoms with E-state index in [0.717, 1.165) is 18.7 Å². The van der Waals surface area contributed by atoms with Crippen LogP contribution in [0.1, 0.15) is 29.8 Å². The molecule has 0 atom stereocenters. The molecule has 1 rings (SSSR count). The lowest BCUT2D eigenvalue weighted by Crippen LogP contribution is -2.37. The molecular formula is C15H24ClN3O. The Labute approximate surface area is 126 Å². The zero-order valence-corrected chi connectivity index (χ0v) is 13.4. The van der Waals surface area contributed by atoms with Gasteiger partial charge in [-0.1, -0.05) is 31.5 Å². The fourth-order valence-corrected chi connectivity index (χ4v) is 2.54. The zero-order valence-electron chi connectivity index (χ0n) is 12.7. The van der Waals surface area contributed by atoms with Crippen LogP contribution in [0.4, 0.5) is 0 Å². The van der Waals surface area contributed by atoms with Crippen LogP contribution in [0.5, 0.6) is 0 Å². The highest BCUT2D eigenvalue weighted by Crippen LogP contribution is 2.19. The third-order valence-electron chi connectivity index (χ3n) is 3.00. The SMILES string of the molecule is CN(C)CC(C)(C)CNCc1ccc(C(N)=O)cc1Cl. The number of carbonyl (C=O) groups excluding carboxylic acids is 1. The number of hydrogen-bond acceptors (Lipinski definition) is 3. The highest BCUT2D eigenvalue weighted by Gasteiger charge is 2.18. The van der Waals surface area contributed by atoms with Crippen LogP contribution in [-0.4, -0.2) is 38.0 Å². The van der Waals surface area contributed by atoms with Crippen molar-refractivity contribution in [1.29, 1.82) is 0 Å². The Morgan fingerprint density at radius 1 is 1.40 bits per heavy atom. The molecule has 0 heterocycles. The van der Waals surface area contributed by atoms with E-state index in [-0.39, 0.29) is 5.41 Å². The first-order valence-electron chi connectivity index (χ1n) is 6.65. The lowest BCUT2D eigenvalue weighted by atomic mass is 9.93. The van der Waals surface area contributed by atoms with Crippen LogP contribution in [0.25, 0.3) is 0 Å². The molecule has 0 fully saturated rings. The van der Waals surface area contributed by atoms with E-state index in [1.54, 1.807) is 12.1 Å². The summed E-state index contributed by atoms with van der Waals surface area (Å²) >= 11 is 6.15. The van der Waals surface area contributed by atoms with Crippen molar-refractivity contribution in [2.24, 2.45) is 11.1 Å². The van der Waals surface area contributed by atoms with E-state index in [4.69, 9.17) is 17.3 Å². The maximum absolute atomic E-state index is 11.1. The highest BCUT2D eigenvalue weighted by atomic mass is 35.5. The third kappa shape index (κ3) is 5.49. The van der Waals surface area contributed by atoms with Crippen molar-refractivity contribution in [3.8, 4) is 0 Å². The number of halogens is 1. The van der Waals surface area contributed by atoms with E-state index in [9.17, 15) is 4.79 Å². The van der Waals surface area contributed by atoms with Gasteiger partial charge < -0.3 is 16.0 Å². The molecule has 20 heavy (non-hydrogen) atoms. The number of nitrogens with two attached hydrogens (primary N) is 1. The fraction of sp³-hybridized carbons (Fsp3) is 0.533. The minimum Gasteiger partial charge on any atom is -0.366 e. The molecular weight excluding hydrogens is 274 g/mol. The molecule has 0 unspecified atom stereocenters. The summed E-state index contributed by atoms with van der Waals surface area (Å²) in [5, 5.41) is 3.98. The standard InChI is InChI=1S/C15H24ClN3O/c1-15(2,10-19(3)4)9-18-8-12-6-5-11(14(17)20)7-13(12)16/h5-7,18H,8-10H2,1-4H3,(H2,17,20). The van der Waals surface area contributed by atoms with Crippen LogP contribution < -0.4 is 11.1 Å². The normalized spacial score (nSPS) is 11.9. The second kappa shape index (κ2) is 7.07. The molecule has 4 nitrogen and oxygen atoms in total. The van der Waals surface area contributed by atoms with E-state index in [2.05, 4.69) is 38.2 Å². The maximum Gasteiger partial charge on any atom is 0.248 e. The molecule has 3 N–H and O–H groups in total. The monoisotopic (exact) mass is 297 g/mol. The second-order valence-corrected chi connectivity index (χ2v) is 6.58. The van der Waals surface area contributed by atoms with Crippen LogP contribution in [0.3, 0.4) is 0 Å². The van der Waals surface area contributed by atoms with Crippen LogP contribution in [0.15, 0.2) is 18.2 Å². The Bertz CT molecular complexity index is 472. The van der Waals surface area contributed by atoms with Gasteiger partial charge in [0.2, 0.25) is 5.91 Å². The smallest absolute Gasteiger partial charge is 0.248 e. The van der Waals surface area contributed by atoms with Gasteiger partial charge in [0.15, 0.2) is 0 Å². The number of hydrogen-bond donors (Lipinski definition) is 2. The topological polar surface area (TPSA) is 58.4 Å². The molecule has 0 spiro atoms. The number of carbonyl (C=O) groups is 1. The minimum absolute atomic E-state index is 0.184. The second-order valence-electron chi connectivity index (χ2n) is 6.18. The summed E-state index contributed by atoms with van der Waals surface area (Å²) in [5.74, 6) is -0.460. The average molecular weight is 298 g/mol. The van der Waals surface area contributed by atoms with Crippen LogP contribution in [-0.2, 0) is 6.54 Å². The summed E-state index contributed by atoms with van der Waals surface area (Å²) in [7, 11) is 4.14. The highest BCUT2D eigenvalue weighted by molar-refractivity contribution is 6.31. The quantitative estimate of drug-likeness (QED) is 0.810. The molecule has 0 bridgehead atoms. The maximum atomic E-state index is 11.1. The Morgan fingerprint density at radius 3 is 2.55 bits per heavy atom. The van der Waals surface area contributed by atoms with Gasteiger partial charge in [-0.3, -0.25) is 4.79 Å². The lowest BCUT2D eigenvalue weighted by Gasteiger charge is -2.28. The molecule has 0 saturated carbocycles. The Morgan fingerprint density at radius 2 is 2.05 bits per heavy atom. The number of amides is 1. The van der Waals surface area contributed by atoms with Gasteiger partial charge >= 0.3 is 0 Å².